The summed E-state index contributed by atoms with van der Waals surface area (Å²) < 4.78 is 0. The van der Waals surface area contributed by atoms with Gasteiger partial charge in [0.25, 0.3) is 0 Å². The first-order valence-electron chi connectivity index (χ1n) is 11.0. The molecule has 2 aliphatic rings. The second-order valence-corrected chi connectivity index (χ2v) is 8.23. The molecule has 0 spiro atoms. The summed E-state index contributed by atoms with van der Waals surface area (Å²) in [7, 11) is 1.82. The molecule has 1 aliphatic heterocycles. The Morgan fingerprint density at radius 2 is 1.82 bits per heavy atom. The summed E-state index contributed by atoms with van der Waals surface area (Å²) in [5.41, 5.74) is 2.42. The molecule has 2 N–H and O–H groups in total. The van der Waals surface area contributed by atoms with Gasteiger partial charge in [0.15, 0.2) is 5.96 Å². The van der Waals surface area contributed by atoms with Gasteiger partial charge in [0.1, 0.15) is 0 Å². The summed E-state index contributed by atoms with van der Waals surface area (Å²) in [6.07, 6.45) is 11.4. The van der Waals surface area contributed by atoms with Gasteiger partial charge in [-0.3, -0.25) is 9.79 Å². The molecule has 5 nitrogen and oxygen atoms in total. The highest BCUT2D eigenvalue weighted by Gasteiger charge is 2.19. The Bertz CT molecular complexity index is 635. The van der Waals surface area contributed by atoms with Gasteiger partial charge in [0.2, 0.25) is 5.91 Å². The monoisotopic (exact) mass is 384 g/mol. The maximum absolute atomic E-state index is 11.7. The van der Waals surface area contributed by atoms with Crippen molar-refractivity contribution in [2.24, 2.45) is 10.9 Å². The zero-order valence-corrected chi connectivity index (χ0v) is 17.4. The second kappa shape index (κ2) is 11.1. The highest BCUT2D eigenvalue weighted by Crippen LogP contribution is 2.28. The van der Waals surface area contributed by atoms with E-state index in [4.69, 9.17) is 0 Å². The van der Waals surface area contributed by atoms with Gasteiger partial charge in [-0.05, 0) is 29.9 Å². The molecule has 5 heteroatoms. The van der Waals surface area contributed by atoms with E-state index in [2.05, 4.69) is 39.9 Å². The van der Waals surface area contributed by atoms with Crippen molar-refractivity contribution >= 4 is 11.9 Å². The van der Waals surface area contributed by atoms with Crippen molar-refractivity contribution in [3.8, 4) is 0 Å². The zero-order chi connectivity index (χ0) is 19.6. The lowest BCUT2D eigenvalue weighted by molar-refractivity contribution is -0.128. The van der Waals surface area contributed by atoms with Crippen molar-refractivity contribution in [1.82, 2.24) is 15.5 Å². The van der Waals surface area contributed by atoms with Crippen molar-refractivity contribution in [3.05, 3.63) is 35.4 Å². The van der Waals surface area contributed by atoms with E-state index in [1.807, 2.05) is 11.9 Å². The van der Waals surface area contributed by atoms with Gasteiger partial charge in [-0.15, -0.1) is 0 Å². The van der Waals surface area contributed by atoms with Crippen molar-refractivity contribution in [2.45, 2.75) is 70.9 Å². The average Bonchev–Trinajstić information content (AvgIpc) is 3.37. The van der Waals surface area contributed by atoms with Gasteiger partial charge in [0, 0.05) is 39.6 Å². The number of hydrogen-bond donors (Lipinski definition) is 2. The molecule has 1 aromatic carbocycles. The molecule has 28 heavy (non-hydrogen) atoms. The molecular formula is C23H36N4O. The Labute approximate surface area is 170 Å². The predicted octanol–water partition coefficient (Wildman–Crippen LogP) is 3.83. The number of rotatable bonds is 9. The van der Waals surface area contributed by atoms with Crippen molar-refractivity contribution in [1.29, 1.82) is 0 Å². The average molecular weight is 385 g/mol. The number of benzene rings is 1. The third-order valence-electron chi connectivity index (χ3n) is 6.06. The molecule has 0 radical (unpaired) electrons. The largest absolute Gasteiger partial charge is 0.356 e. The first-order valence-corrected chi connectivity index (χ1v) is 11.0. The summed E-state index contributed by atoms with van der Waals surface area (Å²) >= 11 is 0. The second-order valence-electron chi connectivity index (χ2n) is 8.23. The molecule has 2 fully saturated rings. The summed E-state index contributed by atoms with van der Waals surface area (Å²) in [5.74, 6) is 2.14. The number of unbranched alkanes of at least 4 members (excludes halogenated alkanes) is 1. The summed E-state index contributed by atoms with van der Waals surface area (Å²) in [5, 5.41) is 6.82. The first kappa shape index (κ1) is 20.7. The van der Waals surface area contributed by atoms with Crippen LogP contribution in [0.4, 0.5) is 0 Å². The number of carbonyl (C=O) groups excluding carboxylic acids is 1. The topological polar surface area (TPSA) is 56.7 Å². The molecule has 1 amide bonds. The van der Waals surface area contributed by atoms with Crippen LogP contribution < -0.4 is 10.6 Å². The van der Waals surface area contributed by atoms with Crippen LogP contribution in [0.25, 0.3) is 0 Å². The van der Waals surface area contributed by atoms with Gasteiger partial charge in [-0.25, -0.2) is 0 Å². The minimum atomic E-state index is 0.281. The van der Waals surface area contributed by atoms with Crippen LogP contribution in [0.5, 0.6) is 0 Å². The minimum absolute atomic E-state index is 0.281. The maximum atomic E-state index is 11.7. The lowest BCUT2D eigenvalue weighted by atomic mass is 10.0. The van der Waals surface area contributed by atoms with E-state index in [1.54, 1.807) is 0 Å². The fraction of sp³-hybridized carbons (Fsp3) is 0.652. The molecule has 1 aromatic rings. The van der Waals surface area contributed by atoms with E-state index in [9.17, 15) is 4.79 Å². The van der Waals surface area contributed by atoms with Crippen molar-refractivity contribution < 1.29 is 4.79 Å². The number of likely N-dealkylation sites (tertiary alicyclic amines) is 1. The normalized spacial score (nSPS) is 18.1. The summed E-state index contributed by atoms with van der Waals surface area (Å²) in [6, 6.07) is 8.53. The molecule has 0 aromatic heterocycles. The smallest absolute Gasteiger partial charge is 0.222 e. The molecule has 0 bridgehead atoms. The van der Waals surface area contributed by atoms with E-state index in [-0.39, 0.29) is 5.91 Å². The first-order chi connectivity index (χ1) is 13.7. The number of aliphatic imine (C=N–C) groups is 1. The number of carbonyl (C=O) groups is 1. The maximum Gasteiger partial charge on any atom is 0.222 e. The molecular weight excluding hydrogens is 348 g/mol. The molecule has 0 atom stereocenters. The van der Waals surface area contributed by atoms with Crippen LogP contribution in [0.3, 0.4) is 0 Å². The van der Waals surface area contributed by atoms with Gasteiger partial charge >= 0.3 is 0 Å². The highest BCUT2D eigenvalue weighted by molar-refractivity contribution is 5.79. The zero-order valence-electron chi connectivity index (χ0n) is 17.4. The Kier molecular flexibility index (Phi) is 8.19. The SMILES string of the molecule is CN=C(NCCCCC1CCCC1)NCc1ccc(CN2CCCC2=O)cc1. The van der Waals surface area contributed by atoms with E-state index < -0.39 is 0 Å². The lowest BCUT2D eigenvalue weighted by Crippen LogP contribution is -2.37. The number of guanidine groups is 1. The van der Waals surface area contributed by atoms with E-state index in [1.165, 1.54) is 56.1 Å². The summed E-state index contributed by atoms with van der Waals surface area (Å²) in [6.45, 7) is 3.36. The lowest BCUT2D eigenvalue weighted by Gasteiger charge is -2.16. The number of hydrogen-bond acceptors (Lipinski definition) is 2. The quantitative estimate of drug-likeness (QED) is 0.386. The number of amides is 1. The van der Waals surface area contributed by atoms with Gasteiger partial charge < -0.3 is 15.5 Å². The predicted molar refractivity (Wildman–Crippen MR) is 115 cm³/mol. The van der Waals surface area contributed by atoms with Crippen LogP contribution in [0, 0.1) is 5.92 Å². The Morgan fingerprint density at radius 1 is 1.07 bits per heavy atom. The third kappa shape index (κ3) is 6.54. The van der Waals surface area contributed by atoms with Crippen molar-refractivity contribution in [3.63, 3.8) is 0 Å². The molecule has 154 valence electrons. The van der Waals surface area contributed by atoms with Crippen molar-refractivity contribution in [2.75, 3.05) is 20.1 Å². The van der Waals surface area contributed by atoms with E-state index >= 15 is 0 Å². The van der Waals surface area contributed by atoms with Crippen LogP contribution in [0.1, 0.15) is 68.9 Å². The van der Waals surface area contributed by atoms with Gasteiger partial charge in [0.05, 0.1) is 0 Å². The molecule has 1 heterocycles. The number of nitrogens with one attached hydrogen (secondary N) is 2. The number of nitrogens with zero attached hydrogens (tertiary/aromatic N) is 2. The minimum Gasteiger partial charge on any atom is -0.356 e. The molecule has 3 rings (SSSR count). The van der Waals surface area contributed by atoms with E-state index in [0.717, 1.165) is 44.5 Å². The fourth-order valence-electron chi connectivity index (χ4n) is 4.32. The van der Waals surface area contributed by atoms with Crippen LogP contribution >= 0.6 is 0 Å². The Balaban J connectivity index is 1.32. The van der Waals surface area contributed by atoms with Gasteiger partial charge in [-0.1, -0.05) is 62.8 Å². The third-order valence-corrected chi connectivity index (χ3v) is 6.06. The molecule has 0 unspecified atom stereocenters. The van der Waals surface area contributed by atoms with Crippen LogP contribution in [-0.2, 0) is 17.9 Å². The van der Waals surface area contributed by atoms with E-state index in [0.29, 0.717) is 6.42 Å². The molecule has 1 aliphatic carbocycles. The highest BCUT2D eigenvalue weighted by atomic mass is 16.2. The van der Waals surface area contributed by atoms with Crippen LogP contribution in [-0.4, -0.2) is 36.9 Å². The molecule has 1 saturated heterocycles. The summed E-state index contributed by atoms with van der Waals surface area (Å²) in [4.78, 5) is 18.0. The van der Waals surface area contributed by atoms with Crippen LogP contribution in [0.2, 0.25) is 0 Å². The standard InChI is InChI=1S/C23H36N4O/c1-24-23(25-15-5-4-9-19-7-2-3-8-19)26-17-20-11-13-21(14-12-20)18-27-16-6-10-22(27)28/h11-14,19H,2-10,15-18H2,1H3,(H2,24,25,26). The van der Waals surface area contributed by atoms with Crippen LogP contribution in [0.15, 0.2) is 29.3 Å². The Hall–Kier alpha value is -2.04. The fourth-order valence-corrected chi connectivity index (χ4v) is 4.32. The van der Waals surface area contributed by atoms with Gasteiger partial charge in [-0.2, -0.15) is 0 Å². The Morgan fingerprint density at radius 3 is 2.50 bits per heavy atom. The molecule has 1 saturated carbocycles.